The Kier molecular flexibility index (Phi) is 4.69. The topological polar surface area (TPSA) is 137 Å². The number of H-pyrrole nitrogens is 1. The molecule has 10 heteroatoms. The van der Waals surface area contributed by atoms with Gasteiger partial charge in [0, 0.05) is 11.8 Å². The SMILES string of the molecule is N#Cc1cc(C(=O)Nc2cccc3ncn(Cc4ccn[nH]4)c(=O)c23)cc(F)c1O. The van der Waals surface area contributed by atoms with E-state index in [9.17, 15) is 19.1 Å². The molecule has 0 aliphatic rings. The van der Waals surface area contributed by atoms with E-state index in [0.717, 1.165) is 12.1 Å². The number of hydrogen-bond acceptors (Lipinski definition) is 6. The van der Waals surface area contributed by atoms with E-state index < -0.39 is 17.5 Å². The van der Waals surface area contributed by atoms with Crippen molar-refractivity contribution < 1.29 is 14.3 Å². The molecule has 0 radical (unpaired) electrons. The van der Waals surface area contributed by atoms with E-state index in [4.69, 9.17) is 5.26 Å². The van der Waals surface area contributed by atoms with Crippen LogP contribution in [-0.2, 0) is 6.54 Å². The Morgan fingerprint density at radius 2 is 2.17 bits per heavy atom. The molecule has 0 saturated carbocycles. The van der Waals surface area contributed by atoms with Gasteiger partial charge in [0.05, 0.1) is 40.7 Å². The van der Waals surface area contributed by atoms with Crippen molar-refractivity contribution >= 4 is 22.5 Å². The number of aromatic amines is 1. The first-order valence-electron chi connectivity index (χ1n) is 8.68. The molecular formula is C20H13FN6O3. The molecule has 3 N–H and O–H groups in total. The third-order valence-electron chi connectivity index (χ3n) is 4.45. The van der Waals surface area contributed by atoms with Gasteiger partial charge in [-0.3, -0.25) is 19.3 Å². The molecule has 2 aromatic heterocycles. The first kappa shape index (κ1) is 18.8. The van der Waals surface area contributed by atoms with Gasteiger partial charge in [0.2, 0.25) is 0 Å². The number of benzene rings is 2. The van der Waals surface area contributed by atoms with Crippen molar-refractivity contribution in [1.82, 2.24) is 19.7 Å². The molecule has 2 aromatic carbocycles. The Balaban J connectivity index is 1.74. The standard InChI is InChI=1S/C20H13FN6O3/c21-14-7-11(6-12(8-22)18(14)28)19(29)25-16-3-1-2-15-17(16)20(30)27(10-23-15)9-13-4-5-24-26-13/h1-7,10,28H,9H2,(H,24,26)(H,25,29). The third kappa shape index (κ3) is 3.35. The number of nitriles is 1. The first-order chi connectivity index (χ1) is 14.5. The van der Waals surface area contributed by atoms with Crippen molar-refractivity contribution in [2.45, 2.75) is 6.54 Å². The number of aromatic hydroxyl groups is 1. The molecule has 0 aliphatic carbocycles. The predicted octanol–water partition coefficient (Wildman–Crippen LogP) is 2.14. The molecule has 4 rings (SSSR count). The summed E-state index contributed by atoms with van der Waals surface area (Å²) in [5.74, 6) is -2.67. The molecule has 0 spiro atoms. The molecule has 0 bridgehead atoms. The summed E-state index contributed by atoms with van der Waals surface area (Å²) in [5, 5.41) is 27.8. The summed E-state index contributed by atoms with van der Waals surface area (Å²) in [4.78, 5) is 29.9. The van der Waals surface area contributed by atoms with E-state index >= 15 is 0 Å². The lowest BCUT2D eigenvalue weighted by atomic mass is 10.1. The van der Waals surface area contributed by atoms with Crippen LogP contribution in [0.15, 0.2) is 53.7 Å². The molecule has 9 nitrogen and oxygen atoms in total. The number of phenolic OH excluding ortho intramolecular Hbond substituents is 1. The van der Waals surface area contributed by atoms with Crippen LogP contribution in [0.5, 0.6) is 5.75 Å². The van der Waals surface area contributed by atoms with Crippen molar-refractivity contribution in [3.05, 3.63) is 81.9 Å². The van der Waals surface area contributed by atoms with E-state index in [0.29, 0.717) is 11.2 Å². The maximum absolute atomic E-state index is 13.8. The van der Waals surface area contributed by atoms with Crippen molar-refractivity contribution in [1.29, 1.82) is 5.26 Å². The summed E-state index contributed by atoms with van der Waals surface area (Å²) < 4.78 is 15.2. The quantitative estimate of drug-likeness (QED) is 0.477. The highest BCUT2D eigenvalue weighted by Crippen LogP contribution is 2.24. The van der Waals surface area contributed by atoms with Crippen LogP contribution in [0.1, 0.15) is 21.6 Å². The van der Waals surface area contributed by atoms with Gasteiger partial charge < -0.3 is 10.4 Å². The zero-order chi connectivity index (χ0) is 21.3. The van der Waals surface area contributed by atoms with Crippen molar-refractivity contribution in [2.24, 2.45) is 0 Å². The van der Waals surface area contributed by atoms with Crippen LogP contribution in [-0.4, -0.2) is 30.8 Å². The third-order valence-corrected chi connectivity index (χ3v) is 4.45. The highest BCUT2D eigenvalue weighted by molar-refractivity contribution is 6.08. The van der Waals surface area contributed by atoms with E-state index in [1.54, 1.807) is 30.5 Å². The van der Waals surface area contributed by atoms with Crippen LogP contribution in [0.4, 0.5) is 10.1 Å². The van der Waals surface area contributed by atoms with Gasteiger partial charge in [0.15, 0.2) is 11.6 Å². The summed E-state index contributed by atoms with van der Waals surface area (Å²) in [6.45, 7) is 0.207. The van der Waals surface area contributed by atoms with Crippen molar-refractivity contribution in [3.8, 4) is 11.8 Å². The van der Waals surface area contributed by atoms with Gasteiger partial charge in [-0.2, -0.15) is 10.4 Å². The lowest BCUT2D eigenvalue weighted by molar-refractivity contribution is 0.102. The lowest BCUT2D eigenvalue weighted by Gasteiger charge is -2.11. The number of amides is 1. The lowest BCUT2D eigenvalue weighted by Crippen LogP contribution is -2.23. The molecule has 2 heterocycles. The first-order valence-corrected chi connectivity index (χ1v) is 8.68. The van der Waals surface area contributed by atoms with Crippen molar-refractivity contribution in [3.63, 3.8) is 0 Å². The number of phenols is 1. The number of nitrogens with zero attached hydrogens (tertiary/aromatic N) is 4. The Bertz CT molecular complexity index is 1370. The molecule has 0 saturated heterocycles. The largest absolute Gasteiger partial charge is 0.504 e. The zero-order valence-corrected chi connectivity index (χ0v) is 15.3. The zero-order valence-electron chi connectivity index (χ0n) is 15.3. The number of aromatic nitrogens is 4. The van der Waals surface area contributed by atoms with Gasteiger partial charge in [-0.25, -0.2) is 9.37 Å². The number of rotatable bonds is 4. The average Bonchev–Trinajstić information content (AvgIpc) is 3.25. The van der Waals surface area contributed by atoms with Crippen LogP contribution in [0.25, 0.3) is 10.9 Å². The Morgan fingerprint density at radius 1 is 1.33 bits per heavy atom. The Hall–Kier alpha value is -4.52. The van der Waals surface area contributed by atoms with E-state index in [1.165, 1.54) is 17.0 Å². The summed E-state index contributed by atoms with van der Waals surface area (Å²) >= 11 is 0. The van der Waals surface area contributed by atoms with Gasteiger partial charge in [0.1, 0.15) is 6.07 Å². The molecule has 0 fully saturated rings. The Morgan fingerprint density at radius 3 is 2.90 bits per heavy atom. The number of nitrogens with one attached hydrogen (secondary N) is 2. The molecule has 148 valence electrons. The second-order valence-electron chi connectivity index (χ2n) is 6.38. The number of anilines is 1. The minimum absolute atomic E-state index is 0.174. The van der Waals surface area contributed by atoms with Crippen molar-refractivity contribution in [2.75, 3.05) is 5.32 Å². The van der Waals surface area contributed by atoms with Crippen LogP contribution in [0.3, 0.4) is 0 Å². The normalized spacial score (nSPS) is 10.7. The summed E-state index contributed by atoms with van der Waals surface area (Å²) in [7, 11) is 0. The summed E-state index contributed by atoms with van der Waals surface area (Å²) in [5.41, 5.74) is 0.305. The fourth-order valence-corrected chi connectivity index (χ4v) is 2.98. The van der Waals surface area contributed by atoms with E-state index in [1.807, 2.05) is 0 Å². The highest BCUT2D eigenvalue weighted by Gasteiger charge is 2.17. The minimum atomic E-state index is -1.10. The van der Waals surface area contributed by atoms with Gasteiger partial charge in [-0.05, 0) is 30.3 Å². The van der Waals surface area contributed by atoms with Crippen LogP contribution >= 0.6 is 0 Å². The number of fused-ring (bicyclic) bond motifs is 1. The number of carbonyl (C=O) groups excluding carboxylic acids is 1. The summed E-state index contributed by atoms with van der Waals surface area (Å²) in [6, 6.07) is 9.97. The average molecular weight is 404 g/mol. The Labute approximate surface area is 168 Å². The molecule has 0 aliphatic heterocycles. The van der Waals surface area contributed by atoms with Crippen LogP contribution < -0.4 is 10.9 Å². The minimum Gasteiger partial charge on any atom is -0.504 e. The molecule has 30 heavy (non-hydrogen) atoms. The van der Waals surface area contributed by atoms with Gasteiger partial charge in [0.25, 0.3) is 11.5 Å². The van der Waals surface area contributed by atoms with Gasteiger partial charge in [-0.15, -0.1) is 0 Å². The van der Waals surface area contributed by atoms with Gasteiger partial charge >= 0.3 is 0 Å². The smallest absolute Gasteiger partial charge is 0.263 e. The molecule has 0 unspecified atom stereocenters. The number of carbonyl (C=O) groups is 1. The maximum atomic E-state index is 13.8. The predicted molar refractivity (Wildman–Crippen MR) is 104 cm³/mol. The highest BCUT2D eigenvalue weighted by atomic mass is 19.1. The second kappa shape index (κ2) is 7.48. The fraction of sp³-hybridized carbons (Fsp3) is 0.0500. The fourth-order valence-electron chi connectivity index (χ4n) is 2.98. The van der Waals surface area contributed by atoms with Gasteiger partial charge in [-0.1, -0.05) is 6.07 Å². The molecule has 0 atom stereocenters. The monoisotopic (exact) mass is 404 g/mol. The number of hydrogen-bond donors (Lipinski definition) is 3. The van der Waals surface area contributed by atoms with E-state index in [2.05, 4.69) is 20.5 Å². The van der Waals surface area contributed by atoms with E-state index in [-0.39, 0.29) is 34.3 Å². The molecule has 1 amide bonds. The summed E-state index contributed by atoms with van der Waals surface area (Å²) in [6.07, 6.45) is 2.96. The maximum Gasteiger partial charge on any atom is 0.263 e. The van der Waals surface area contributed by atoms with Crippen LogP contribution in [0, 0.1) is 17.1 Å². The number of halogens is 1. The molecular weight excluding hydrogens is 391 g/mol. The molecule has 4 aromatic rings. The second-order valence-corrected chi connectivity index (χ2v) is 6.38. The van der Waals surface area contributed by atoms with Crippen LogP contribution in [0.2, 0.25) is 0 Å².